The van der Waals surface area contributed by atoms with Crippen LogP contribution in [-0.4, -0.2) is 17.0 Å². The molecule has 0 aliphatic heterocycles. The van der Waals surface area contributed by atoms with Gasteiger partial charge in [0.1, 0.15) is 11.8 Å². The number of amides is 1. The molecule has 5 heteroatoms. The Bertz CT molecular complexity index is 487. The maximum atomic E-state index is 11.8. The smallest absolute Gasteiger partial charge is 0.270 e. The number of carbonyl (C=O) groups excluding carboxylic acids is 1. The molecule has 1 aromatic rings. The van der Waals surface area contributed by atoms with E-state index < -0.39 is 0 Å². The number of aromatic nitrogens is 1. The Labute approximate surface area is 106 Å². The Morgan fingerprint density at radius 2 is 2.22 bits per heavy atom. The van der Waals surface area contributed by atoms with Gasteiger partial charge in [0.05, 0.1) is 17.4 Å². The van der Waals surface area contributed by atoms with E-state index in [-0.39, 0.29) is 17.7 Å². The zero-order valence-corrected chi connectivity index (χ0v) is 10.3. The molecule has 0 unspecified atom stereocenters. The lowest BCUT2D eigenvalue weighted by atomic mass is 10.2. The topological polar surface area (TPSA) is 75.0 Å². The van der Waals surface area contributed by atoms with Crippen molar-refractivity contribution in [3.8, 4) is 6.07 Å². The lowest BCUT2D eigenvalue weighted by Gasteiger charge is -2.11. The highest BCUT2D eigenvalue weighted by atomic mass is 16.7. The largest absolute Gasteiger partial charge is 0.293 e. The van der Waals surface area contributed by atoms with Gasteiger partial charge in [-0.15, -0.1) is 0 Å². The molecule has 2 rings (SSSR count). The monoisotopic (exact) mass is 245 g/mol. The predicted molar refractivity (Wildman–Crippen MR) is 64.5 cm³/mol. The normalized spacial score (nSPS) is 15.3. The fourth-order valence-electron chi connectivity index (χ4n) is 2.00. The van der Waals surface area contributed by atoms with Crippen molar-refractivity contribution in [1.82, 2.24) is 10.5 Å². The minimum absolute atomic E-state index is 0.119. The number of rotatable bonds is 3. The SMILES string of the molecule is Cc1nc(C(=O)NOC2CCCC2)ccc1C#N. The molecule has 0 saturated heterocycles. The molecule has 0 atom stereocenters. The predicted octanol–water partition coefficient (Wildman–Crippen LogP) is 1.87. The third kappa shape index (κ3) is 2.84. The van der Waals surface area contributed by atoms with Crippen LogP contribution in [0.2, 0.25) is 0 Å². The number of hydrogen-bond acceptors (Lipinski definition) is 4. The van der Waals surface area contributed by atoms with Crippen LogP contribution in [-0.2, 0) is 4.84 Å². The van der Waals surface area contributed by atoms with Gasteiger partial charge < -0.3 is 0 Å². The van der Waals surface area contributed by atoms with Gasteiger partial charge >= 0.3 is 0 Å². The second kappa shape index (κ2) is 5.61. The minimum Gasteiger partial charge on any atom is -0.270 e. The van der Waals surface area contributed by atoms with Gasteiger partial charge in [0.15, 0.2) is 0 Å². The Morgan fingerprint density at radius 3 is 2.83 bits per heavy atom. The Balaban J connectivity index is 1.96. The fraction of sp³-hybridized carbons (Fsp3) is 0.462. The summed E-state index contributed by atoms with van der Waals surface area (Å²) in [5, 5.41) is 8.78. The van der Waals surface area contributed by atoms with Crippen LogP contribution in [0.25, 0.3) is 0 Å². The first-order valence-corrected chi connectivity index (χ1v) is 6.04. The molecule has 1 N–H and O–H groups in total. The molecule has 1 aliphatic rings. The standard InChI is InChI=1S/C13H15N3O2/c1-9-10(8-14)6-7-12(15-9)13(17)16-18-11-4-2-3-5-11/h6-7,11H,2-5H2,1H3,(H,16,17). The number of hydrogen-bond donors (Lipinski definition) is 1. The molecule has 1 aliphatic carbocycles. The summed E-state index contributed by atoms with van der Waals surface area (Å²) in [7, 11) is 0. The van der Waals surface area contributed by atoms with Crippen LogP contribution in [0.4, 0.5) is 0 Å². The van der Waals surface area contributed by atoms with E-state index in [2.05, 4.69) is 10.5 Å². The highest BCUT2D eigenvalue weighted by molar-refractivity contribution is 5.91. The van der Waals surface area contributed by atoms with Crippen LogP contribution in [0, 0.1) is 18.3 Å². The number of carbonyl (C=O) groups is 1. The summed E-state index contributed by atoms with van der Waals surface area (Å²) in [6, 6.07) is 5.13. The molecule has 5 nitrogen and oxygen atoms in total. The van der Waals surface area contributed by atoms with Crippen LogP contribution in [0.15, 0.2) is 12.1 Å². The Kier molecular flexibility index (Phi) is 3.90. The summed E-state index contributed by atoms with van der Waals surface area (Å²) in [6.07, 6.45) is 4.39. The van der Waals surface area contributed by atoms with E-state index in [9.17, 15) is 4.79 Å². The molecule has 1 saturated carbocycles. The maximum Gasteiger partial charge on any atom is 0.293 e. The van der Waals surface area contributed by atoms with Crippen molar-refractivity contribution in [2.75, 3.05) is 0 Å². The molecule has 1 fully saturated rings. The van der Waals surface area contributed by atoms with Crippen molar-refractivity contribution in [3.05, 3.63) is 29.1 Å². The number of aryl methyl sites for hydroxylation is 1. The number of nitriles is 1. The summed E-state index contributed by atoms with van der Waals surface area (Å²) in [5.74, 6) is -0.366. The van der Waals surface area contributed by atoms with E-state index >= 15 is 0 Å². The van der Waals surface area contributed by atoms with Gasteiger partial charge in [0, 0.05) is 0 Å². The van der Waals surface area contributed by atoms with E-state index in [1.54, 1.807) is 13.0 Å². The zero-order chi connectivity index (χ0) is 13.0. The zero-order valence-electron chi connectivity index (χ0n) is 10.3. The van der Waals surface area contributed by atoms with E-state index in [1.807, 2.05) is 6.07 Å². The first-order valence-electron chi connectivity index (χ1n) is 6.04. The highest BCUT2D eigenvalue weighted by Crippen LogP contribution is 2.19. The summed E-state index contributed by atoms with van der Waals surface area (Å²) in [4.78, 5) is 21.2. The molecule has 0 spiro atoms. The minimum atomic E-state index is -0.366. The molecule has 1 heterocycles. The molecule has 0 bridgehead atoms. The maximum absolute atomic E-state index is 11.8. The number of hydroxylamine groups is 1. The number of nitrogens with one attached hydrogen (secondary N) is 1. The van der Waals surface area contributed by atoms with Crippen LogP contribution in [0.1, 0.15) is 47.4 Å². The van der Waals surface area contributed by atoms with E-state index in [0.29, 0.717) is 11.3 Å². The van der Waals surface area contributed by atoms with E-state index in [1.165, 1.54) is 6.07 Å². The summed E-state index contributed by atoms with van der Waals surface area (Å²) >= 11 is 0. The van der Waals surface area contributed by atoms with Gasteiger partial charge in [0.2, 0.25) is 0 Å². The van der Waals surface area contributed by atoms with E-state index in [4.69, 9.17) is 10.1 Å². The third-order valence-electron chi connectivity index (χ3n) is 3.06. The van der Waals surface area contributed by atoms with Crippen LogP contribution >= 0.6 is 0 Å². The number of pyridine rings is 1. The summed E-state index contributed by atoms with van der Waals surface area (Å²) in [5.41, 5.74) is 3.71. The van der Waals surface area contributed by atoms with Gasteiger partial charge in [0.25, 0.3) is 5.91 Å². The molecule has 1 aromatic heterocycles. The lowest BCUT2D eigenvalue weighted by molar-refractivity contribution is -0.0127. The van der Waals surface area contributed by atoms with Crippen molar-refractivity contribution in [2.24, 2.45) is 0 Å². The lowest BCUT2D eigenvalue weighted by Crippen LogP contribution is -2.29. The Hall–Kier alpha value is -1.93. The van der Waals surface area contributed by atoms with Crippen molar-refractivity contribution in [3.63, 3.8) is 0 Å². The molecule has 1 amide bonds. The second-order valence-electron chi connectivity index (χ2n) is 4.40. The average Bonchev–Trinajstić information content (AvgIpc) is 2.89. The van der Waals surface area contributed by atoms with Crippen LogP contribution in [0.5, 0.6) is 0 Å². The number of nitrogens with zero attached hydrogens (tertiary/aromatic N) is 2. The van der Waals surface area contributed by atoms with Crippen molar-refractivity contribution in [1.29, 1.82) is 5.26 Å². The van der Waals surface area contributed by atoms with Crippen LogP contribution in [0.3, 0.4) is 0 Å². The Morgan fingerprint density at radius 1 is 1.50 bits per heavy atom. The molecule has 18 heavy (non-hydrogen) atoms. The second-order valence-corrected chi connectivity index (χ2v) is 4.40. The molecular weight excluding hydrogens is 230 g/mol. The van der Waals surface area contributed by atoms with Gasteiger partial charge in [-0.1, -0.05) is 12.8 Å². The molecule has 0 aromatic carbocycles. The summed E-state index contributed by atoms with van der Waals surface area (Å²) in [6.45, 7) is 1.70. The summed E-state index contributed by atoms with van der Waals surface area (Å²) < 4.78 is 0. The van der Waals surface area contributed by atoms with E-state index in [0.717, 1.165) is 25.7 Å². The van der Waals surface area contributed by atoms with Crippen molar-refractivity contribution < 1.29 is 9.63 Å². The molecule has 0 radical (unpaired) electrons. The van der Waals surface area contributed by atoms with Gasteiger partial charge in [-0.3, -0.25) is 9.63 Å². The van der Waals surface area contributed by atoms with Crippen molar-refractivity contribution in [2.45, 2.75) is 38.7 Å². The third-order valence-corrected chi connectivity index (χ3v) is 3.06. The van der Waals surface area contributed by atoms with Crippen molar-refractivity contribution >= 4 is 5.91 Å². The van der Waals surface area contributed by atoms with Gasteiger partial charge in [-0.25, -0.2) is 10.5 Å². The van der Waals surface area contributed by atoms with Gasteiger partial charge in [-0.05, 0) is 31.9 Å². The average molecular weight is 245 g/mol. The van der Waals surface area contributed by atoms with Crippen LogP contribution < -0.4 is 5.48 Å². The first kappa shape index (κ1) is 12.5. The fourth-order valence-corrected chi connectivity index (χ4v) is 2.00. The molecular formula is C13H15N3O2. The van der Waals surface area contributed by atoms with Gasteiger partial charge in [-0.2, -0.15) is 5.26 Å². The molecule has 94 valence electrons. The quantitative estimate of drug-likeness (QED) is 0.825. The highest BCUT2D eigenvalue weighted by Gasteiger charge is 2.17. The first-order chi connectivity index (χ1) is 8.70.